The van der Waals surface area contributed by atoms with Crippen molar-refractivity contribution in [3.8, 4) is 0 Å². The third-order valence-corrected chi connectivity index (χ3v) is 5.20. The normalized spacial score (nSPS) is 33.2. The fourth-order valence-electron chi connectivity index (χ4n) is 3.87. The number of esters is 2. The fraction of sp³-hybridized carbons (Fsp3) is 0.556. The van der Waals surface area contributed by atoms with Crippen LogP contribution in [0, 0.1) is 11.8 Å². The Morgan fingerprint density at radius 1 is 1.43 bits per heavy atom. The summed E-state index contributed by atoms with van der Waals surface area (Å²) in [7, 11) is 0. The molecule has 0 amide bonds. The molecule has 0 bridgehead atoms. The van der Waals surface area contributed by atoms with E-state index in [-0.39, 0.29) is 36.5 Å². The number of hydrogen-bond acceptors (Lipinski definition) is 5. The lowest BCUT2D eigenvalue weighted by Crippen LogP contribution is -2.27. The van der Waals surface area contributed by atoms with Gasteiger partial charge in [-0.3, -0.25) is 4.79 Å². The van der Waals surface area contributed by atoms with Crippen LogP contribution >= 0.6 is 0 Å². The van der Waals surface area contributed by atoms with Gasteiger partial charge in [-0.05, 0) is 30.4 Å². The molecule has 0 aromatic carbocycles. The van der Waals surface area contributed by atoms with Crippen LogP contribution in [0.1, 0.15) is 32.6 Å². The number of hydrogen-bond donors (Lipinski definition) is 1. The first-order chi connectivity index (χ1) is 10.9. The lowest BCUT2D eigenvalue weighted by atomic mass is 9.84. The Kier molecular flexibility index (Phi) is 4.15. The zero-order valence-corrected chi connectivity index (χ0v) is 13.3. The van der Waals surface area contributed by atoms with Crippen LogP contribution in [0.2, 0.25) is 0 Å². The third kappa shape index (κ3) is 2.63. The first-order valence-corrected chi connectivity index (χ1v) is 8.07. The summed E-state index contributed by atoms with van der Waals surface area (Å²) in [6.45, 7) is 9.86. The van der Waals surface area contributed by atoms with Crippen LogP contribution in [0.5, 0.6) is 0 Å². The molecule has 3 rings (SSSR count). The van der Waals surface area contributed by atoms with E-state index < -0.39 is 6.10 Å². The molecule has 1 saturated heterocycles. The summed E-state index contributed by atoms with van der Waals surface area (Å²) in [6.07, 6.45) is 1.26. The van der Waals surface area contributed by atoms with Gasteiger partial charge in [0.2, 0.25) is 0 Å². The Hall–Kier alpha value is -1.88. The lowest BCUT2D eigenvalue weighted by Gasteiger charge is -2.23. The molecule has 0 aromatic rings. The highest BCUT2D eigenvalue weighted by Gasteiger charge is 2.50. The summed E-state index contributed by atoms with van der Waals surface area (Å²) < 4.78 is 10.8. The number of rotatable bonds is 3. The Morgan fingerprint density at radius 3 is 2.87 bits per heavy atom. The van der Waals surface area contributed by atoms with Gasteiger partial charge in [0, 0.05) is 23.8 Å². The SMILES string of the molecule is C=C1[C@H]2C(=C(COC(=O)CC)CC[C@H]3C(=C)C(=O)O[C@H]23)C[C@@H]1O. The number of fused-ring (bicyclic) bond motifs is 3. The van der Waals surface area contributed by atoms with Gasteiger partial charge in [0.25, 0.3) is 0 Å². The molecule has 5 heteroatoms. The Morgan fingerprint density at radius 2 is 2.17 bits per heavy atom. The largest absolute Gasteiger partial charge is 0.461 e. The molecule has 1 N–H and O–H groups in total. The van der Waals surface area contributed by atoms with Crippen LogP contribution < -0.4 is 0 Å². The van der Waals surface area contributed by atoms with E-state index in [9.17, 15) is 14.7 Å². The van der Waals surface area contributed by atoms with E-state index in [4.69, 9.17) is 9.47 Å². The predicted molar refractivity (Wildman–Crippen MR) is 83.3 cm³/mol. The smallest absolute Gasteiger partial charge is 0.334 e. The zero-order valence-electron chi connectivity index (χ0n) is 13.3. The minimum absolute atomic E-state index is 0.0658. The molecule has 0 aromatic heterocycles. The minimum Gasteiger partial charge on any atom is -0.461 e. The second kappa shape index (κ2) is 5.96. The number of aliphatic hydroxyl groups is 1. The first kappa shape index (κ1) is 16.0. The van der Waals surface area contributed by atoms with Gasteiger partial charge in [0.05, 0.1) is 6.10 Å². The number of carbonyl (C=O) groups is 2. The van der Waals surface area contributed by atoms with Crippen molar-refractivity contribution in [1.82, 2.24) is 0 Å². The van der Waals surface area contributed by atoms with E-state index in [0.29, 0.717) is 30.4 Å². The Bertz CT molecular complexity index is 615. The van der Waals surface area contributed by atoms with Gasteiger partial charge in [0.1, 0.15) is 12.7 Å². The predicted octanol–water partition coefficient (Wildman–Crippen LogP) is 2.06. The maximum absolute atomic E-state index is 11.9. The molecule has 0 spiro atoms. The van der Waals surface area contributed by atoms with Crippen LogP contribution in [-0.4, -0.2) is 35.9 Å². The first-order valence-electron chi connectivity index (χ1n) is 8.07. The summed E-state index contributed by atoms with van der Waals surface area (Å²) in [5.41, 5.74) is 3.21. The van der Waals surface area contributed by atoms with Crippen molar-refractivity contribution in [3.05, 3.63) is 35.5 Å². The van der Waals surface area contributed by atoms with E-state index in [1.54, 1.807) is 6.92 Å². The molecule has 5 nitrogen and oxygen atoms in total. The van der Waals surface area contributed by atoms with Crippen molar-refractivity contribution < 1.29 is 24.2 Å². The van der Waals surface area contributed by atoms with Gasteiger partial charge >= 0.3 is 11.9 Å². The quantitative estimate of drug-likeness (QED) is 0.490. The number of ether oxygens (including phenoxy) is 2. The van der Waals surface area contributed by atoms with E-state index in [2.05, 4.69) is 13.2 Å². The number of carbonyl (C=O) groups excluding carboxylic acids is 2. The van der Waals surface area contributed by atoms with Crippen molar-refractivity contribution in [3.63, 3.8) is 0 Å². The van der Waals surface area contributed by atoms with Crippen LogP contribution in [0.25, 0.3) is 0 Å². The van der Waals surface area contributed by atoms with Crippen molar-refractivity contribution in [2.75, 3.05) is 6.61 Å². The highest BCUT2D eigenvalue weighted by Crippen LogP contribution is 2.50. The summed E-state index contributed by atoms with van der Waals surface area (Å²) >= 11 is 0. The van der Waals surface area contributed by atoms with Gasteiger partial charge in [-0.2, -0.15) is 0 Å². The van der Waals surface area contributed by atoms with Gasteiger partial charge in [-0.25, -0.2) is 4.79 Å². The van der Waals surface area contributed by atoms with Crippen LogP contribution in [0.3, 0.4) is 0 Å². The maximum Gasteiger partial charge on any atom is 0.334 e. The highest BCUT2D eigenvalue weighted by molar-refractivity contribution is 5.91. The summed E-state index contributed by atoms with van der Waals surface area (Å²) in [5.74, 6) is -0.860. The topological polar surface area (TPSA) is 72.8 Å². The van der Waals surface area contributed by atoms with E-state index in [0.717, 1.165) is 17.6 Å². The second-order valence-corrected chi connectivity index (χ2v) is 6.46. The monoisotopic (exact) mass is 318 g/mol. The summed E-state index contributed by atoms with van der Waals surface area (Å²) in [6, 6.07) is 0. The molecule has 4 atom stereocenters. The van der Waals surface area contributed by atoms with Gasteiger partial charge < -0.3 is 14.6 Å². The Balaban J connectivity index is 1.93. The Labute approximate surface area is 135 Å². The van der Waals surface area contributed by atoms with E-state index in [1.807, 2.05) is 0 Å². The van der Waals surface area contributed by atoms with Crippen molar-refractivity contribution in [1.29, 1.82) is 0 Å². The third-order valence-electron chi connectivity index (χ3n) is 5.20. The summed E-state index contributed by atoms with van der Waals surface area (Å²) in [5, 5.41) is 10.2. The lowest BCUT2D eigenvalue weighted by molar-refractivity contribution is -0.142. The van der Waals surface area contributed by atoms with Crippen molar-refractivity contribution in [2.45, 2.75) is 44.8 Å². The molecular weight excluding hydrogens is 296 g/mol. The average molecular weight is 318 g/mol. The van der Waals surface area contributed by atoms with E-state index >= 15 is 0 Å². The standard InChI is InChI=1S/C18H22O5/c1-4-15(20)22-8-11-5-6-12-9(2)18(21)23-17(12)16-10(3)14(19)7-13(11)16/h12,14,16-17,19H,2-8H2,1H3/t12-,14-,16-,17-/m0/s1. The second-order valence-electron chi connectivity index (χ2n) is 6.46. The zero-order chi connectivity index (χ0) is 16.7. The van der Waals surface area contributed by atoms with Crippen LogP contribution in [0.4, 0.5) is 0 Å². The molecule has 3 aliphatic rings. The average Bonchev–Trinajstić information content (AvgIpc) is 2.91. The molecule has 2 aliphatic carbocycles. The molecule has 0 unspecified atom stereocenters. The molecule has 124 valence electrons. The molecule has 0 radical (unpaired) electrons. The molecule has 1 heterocycles. The van der Waals surface area contributed by atoms with Crippen molar-refractivity contribution in [2.24, 2.45) is 11.8 Å². The molecular formula is C18H22O5. The minimum atomic E-state index is -0.641. The van der Waals surface area contributed by atoms with Crippen LogP contribution in [-0.2, 0) is 19.1 Å². The van der Waals surface area contributed by atoms with E-state index in [1.165, 1.54) is 0 Å². The summed E-state index contributed by atoms with van der Waals surface area (Å²) in [4.78, 5) is 23.3. The van der Waals surface area contributed by atoms with Gasteiger partial charge in [0.15, 0.2) is 0 Å². The van der Waals surface area contributed by atoms with Crippen molar-refractivity contribution >= 4 is 11.9 Å². The molecule has 2 fully saturated rings. The fourth-order valence-corrected chi connectivity index (χ4v) is 3.87. The number of aliphatic hydroxyl groups excluding tert-OH is 1. The highest BCUT2D eigenvalue weighted by atomic mass is 16.6. The molecule has 1 aliphatic heterocycles. The van der Waals surface area contributed by atoms with Gasteiger partial charge in [-0.1, -0.05) is 25.7 Å². The van der Waals surface area contributed by atoms with Crippen LogP contribution in [0.15, 0.2) is 35.5 Å². The molecule has 23 heavy (non-hydrogen) atoms. The van der Waals surface area contributed by atoms with Gasteiger partial charge in [-0.15, -0.1) is 0 Å². The molecule has 1 saturated carbocycles. The maximum atomic E-state index is 11.9.